The van der Waals surface area contributed by atoms with Gasteiger partial charge >= 0.3 is 0 Å². The number of hydrogen-bond donors (Lipinski definition) is 1. The van der Waals surface area contributed by atoms with Crippen molar-refractivity contribution in [1.82, 2.24) is 15.3 Å². The van der Waals surface area contributed by atoms with Crippen molar-refractivity contribution < 1.29 is 0 Å². The van der Waals surface area contributed by atoms with Gasteiger partial charge in [-0.25, -0.2) is 4.98 Å². The van der Waals surface area contributed by atoms with Gasteiger partial charge in [-0.2, -0.15) is 0 Å². The molecule has 0 bridgehead atoms. The molecule has 2 rings (SSSR count). The lowest BCUT2D eigenvalue weighted by molar-refractivity contribution is 0.829. The van der Waals surface area contributed by atoms with E-state index < -0.39 is 0 Å². The first-order valence-electron chi connectivity index (χ1n) is 4.83. The summed E-state index contributed by atoms with van der Waals surface area (Å²) in [5, 5.41) is 4.10. The highest BCUT2D eigenvalue weighted by Crippen LogP contribution is 2.23. The van der Waals surface area contributed by atoms with Crippen LogP contribution in [0.4, 0.5) is 0 Å². The van der Waals surface area contributed by atoms with Crippen molar-refractivity contribution in [3.8, 4) is 10.7 Å². The van der Waals surface area contributed by atoms with Crippen LogP contribution in [0.15, 0.2) is 24.4 Å². The van der Waals surface area contributed by atoms with Gasteiger partial charge in [0.25, 0.3) is 0 Å². The van der Waals surface area contributed by atoms with Crippen molar-refractivity contribution >= 4 is 11.3 Å². The minimum absolute atomic E-state index is 0.865. The lowest BCUT2D eigenvalue weighted by Crippen LogP contribution is -2.02. The number of nitrogens with zero attached hydrogens (tertiary/aromatic N) is 2. The Labute approximate surface area is 93.2 Å². The third-order valence-corrected chi connectivity index (χ3v) is 3.03. The van der Waals surface area contributed by atoms with Crippen LogP contribution in [-0.4, -0.2) is 17.0 Å². The maximum Gasteiger partial charge on any atom is 0.142 e. The van der Waals surface area contributed by atoms with Crippen molar-refractivity contribution in [1.29, 1.82) is 0 Å². The van der Waals surface area contributed by atoms with Crippen molar-refractivity contribution in [2.24, 2.45) is 0 Å². The van der Waals surface area contributed by atoms with Gasteiger partial charge in [-0.05, 0) is 26.1 Å². The van der Waals surface area contributed by atoms with Crippen molar-refractivity contribution in [2.45, 2.75) is 13.5 Å². The molecule has 15 heavy (non-hydrogen) atoms. The molecule has 1 N–H and O–H groups in total. The molecule has 2 aromatic heterocycles. The van der Waals surface area contributed by atoms with E-state index in [0.717, 1.165) is 22.9 Å². The molecule has 78 valence electrons. The van der Waals surface area contributed by atoms with Crippen LogP contribution in [0.3, 0.4) is 0 Å². The number of rotatable bonds is 3. The Kier molecular flexibility index (Phi) is 3.08. The standard InChI is InChI=1S/C11H13N3S/c1-8-4-3-5-10(14-8)11-13-7-9(15-11)6-12-2/h3-5,7,12H,6H2,1-2H3. The van der Waals surface area contributed by atoms with Crippen molar-refractivity contribution in [3.63, 3.8) is 0 Å². The Morgan fingerprint density at radius 2 is 2.27 bits per heavy atom. The average molecular weight is 219 g/mol. The number of thiazole rings is 1. The topological polar surface area (TPSA) is 37.8 Å². The summed E-state index contributed by atoms with van der Waals surface area (Å²) < 4.78 is 0. The van der Waals surface area contributed by atoms with Crippen LogP contribution < -0.4 is 5.32 Å². The molecule has 0 aliphatic heterocycles. The monoisotopic (exact) mass is 219 g/mol. The molecule has 0 aliphatic rings. The third kappa shape index (κ3) is 2.40. The van der Waals surface area contributed by atoms with Crippen LogP contribution in [0, 0.1) is 6.92 Å². The van der Waals surface area contributed by atoms with E-state index in [2.05, 4.69) is 15.3 Å². The van der Waals surface area contributed by atoms with Crippen LogP contribution >= 0.6 is 11.3 Å². The summed E-state index contributed by atoms with van der Waals surface area (Å²) in [6, 6.07) is 6.00. The average Bonchev–Trinajstić information content (AvgIpc) is 2.67. The quantitative estimate of drug-likeness (QED) is 0.860. The fraction of sp³-hybridized carbons (Fsp3) is 0.273. The molecule has 0 fully saturated rings. The Bertz CT molecular complexity index is 451. The van der Waals surface area contributed by atoms with Gasteiger partial charge in [0.15, 0.2) is 0 Å². The zero-order valence-electron chi connectivity index (χ0n) is 8.82. The minimum Gasteiger partial charge on any atom is -0.315 e. The fourth-order valence-electron chi connectivity index (χ4n) is 1.34. The molecule has 0 unspecified atom stereocenters. The summed E-state index contributed by atoms with van der Waals surface area (Å²) in [6.07, 6.45) is 1.90. The second-order valence-corrected chi connectivity index (χ2v) is 4.44. The highest BCUT2D eigenvalue weighted by atomic mass is 32.1. The first-order chi connectivity index (χ1) is 7.29. The van der Waals surface area contributed by atoms with Gasteiger partial charge in [-0.3, -0.25) is 4.98 Å². The molecule has 0 aliphatic carbocycles. The van der Waals surface area contributed by atoms with Crippen molar-refractivity contribution in [3.05, 3.63) is 35.0 Å². The van der Waals surface area contributed by atoms with E-state index in [1.54, 1.807) is 11.3 Å². The summed E-state index contributed by atoms with van der Waals surface area (Å²) in [4.78, 5) is 10.0. The Balaban J connectivity index is 2.29. The molecular weight excluding hydrogens is 206 g/mol. The summed E-state index contributed by atoms with van der Waals surface area (Å²) in [5.41, 5.74) is 1.99. The van der Waals surface area contributed by atoms with E-state index in [-0.39, 0.29) is 0 Å². The summed E-state index contributed by atoms with van der Waals surface area (Å²) in [7, 11) is 1.93. The molecule has 2 aromatic rings. The number of nitrogens with one attached hydrogen (secondary N) is 1. The highest BCUT2D eigenvalue weighted by Gasteiger charge is 2.05. The van der Waals surface area contributed by atoms with Crippen molar-refractivity contribution in [2.75, 3.05) is 7.05 Å². The summed E-state index contributed by atoms with van der Waals surface area (Å²) >= 11 is 1.68. The predicted molar refractivity (Wildman–Crippen MR) is 62.8 cm³/mol. The van der Waals surface area contributed by atoms with Crippen LogP contribution in [-0.2, 0) is 6.54 Å². The van der Waals surface area contributed by atoms with Gasteiger partial charge < -0.3 is 5.32 Å². The molecule has 0 spiro atoms. The maximum absolute atomic E-state index is 4.44. The molecule has 4 heteroatoms. The Hall–Kier alpha value is -1.26. The SMILES string of the molecule is CNCc1cnc(-c2cccc(C)n2)s1. The van der Waals surface area contributed by atoms with Crippen LogP contribution in [0.5, 0.6) is 0 Å². The van der Waals surface area contributed by atoms with Gasteiger partial charge in [-0.15, -0.1) is 11.3 Å². The van der Waals surface area contributed by atoms with E-state index in [0.29, 0.717) is 0 Å². The third-order valence-electron chi connectivity index (χ3n) is 2.01. The second-order valence-electron chi connectivity index (χ2n) is 3.33. The summed E-state index contributed by atoms with van der Waals surface area (Å²) in [6.45, 7) is 2.86. The molecule has 2 heterocycles. The zero-order chi connectivity index (χ0) is 10.7. The van der Waals surface area contributed by atoms with E-state index in [1.165, 1.54) is 4.88 Å². The molecule has 3 nitrogen and oxygen atoms in total. The first-order valence-corrected chi connectivity index (χ1v) is 5.64. The van der Waals surface area contributed by atoms with Crippen LogP contribution in [0.1, 0.15) is 10.6 Å². The van der Waals surface area contributed by atoms with E-state index in [1.807, 2.05) is 38.4 Å². The lowest BCUT2D eigenvalue weighted by atomic mass is 10.3. The Morgan fingerprint density at radius 1 is 1.40 bits per heavy atom. The van der Waals surface area contributed by atoms with E-state index in [9.17, 15) is 0 Å². The second kappa shape index (κ2) is 4.51. The molecular formula is C11H13N3S. The smallest absolute Gasteiger partial charge is 0.142 e. The number of aryl methyl sites for hydroxylation is 1. The van der Waals surface area contributed by atoms with Gasteiger partial charge in [-0.1, -0.05) is 6.07 Å². The highest BCUT2D eigenvalue weighted by molar-refractivity contribution is 7.14. The zero-order valence-corrected chi connectivity index (χ0v) is 9.64. The predicted octanol–water partition coefficient (Wildman–Crippen LogP) is 2.23. The first kappa shape index (κ1) is 10.3. The maximum atomic E-state index is 4.44. The number of hydrogen-bond acceptors (Lipinski definition) is 4. The molecule has 0 radical (unpaired) electrons. The summed E-state index contributed by atoms with van der Waals surface area (Å²) in [5.74, 6) is 0. The fourth-order valence-corrected chi connectivity index (χ4v) is 2.24. The number of aromatic nitrogens is 2. The molecule has 0 amide bonds. The number of pyridine rings is 1. The van der Waals surface area contributed by atoms with Gasteiger partial charge in [0, 0.05) is 23.3 Å². The lowest BCUT2D eigenvalue weighted by Gasteiger charge is -1.96. The van der Waals surface area contributed by atoms with Crippen LogP contribution in [0.25, 0.3) is 10.7 Å². The van der Waals surface area contributed by atoms with Gasteiger partial charge in [0.1, 0.15) is 5.01 Å². The molecule has 0 atom stereocenters. The largest absolute Gasteiger partial charge is 0.315 e. The molecule has 0 saturated carbocycles. The van der Waals surface area contributed by atoms with E-state index in [4.69, 9.17) is 0 Å². The van der Waals surface area contributed by atoms with Gasteiger partial charge in [0.2, 0.25) is 0 Å². The Morgan fingerprint density at radius 3 is 3.00 bits per heavy atom. The molecule has 0 saturated heterocycles. The normalized spacial score (nSPS) is 10.5. The molecule has 0 aromatic carbocycles. The van der Waals surface area contributed by atoms with Gasteiger partial charge in [0.05, 0.1) is 5.69 Å². The minimum atomic E-state index is 0.865. The van der Waals surface area contributed by atoms with Crippen LogP contribution in [0.2, 0.25) is 0 Å². The van der Waals surface area contributed by atoms with E-state index >= 15 is 0 Å².